The Labute approximate surface area is 177 Å². The molecule has 1 unspecified atom stereocenters. The van der Waals surface area contributed by atoms with Gasteiger partial charge in [0.1, 0.15) is 24.0 Å². The Morgan fingerprint density at radius 3 is 2.77 bits per heavy atom. The maximum atomic E-state index is 12.4. The molecule has 0 aliphatic carbocycles. The number of nitrogens with two attached hydrogens (primary N) is 1. The largest absolute Gasteiger partial charge is 0.491 e. The second-order valence-electron chi connectivity index (χ2n) is 7.08. The van der Waals surface area contributed by atoms with Crippen molar-refractivity contribution in [3.63, 3.8) is 0 Å². The molecule has 1 atom stereocenters. The van der Waals surface area contributed by atoms with Crippen LogP contribution in [-0.2, 0) is 6.54 Å². The summed E-state index contributed by atoms with van der Waals surface area (Å²) in [4.78, 5) is 34.3. The Bertz CT molecular complexity index is 1140. The predicted molar refractivity (Wildman–Crippen MR) is 113 cm³/mol. The number of aryl methyl sites for hydroxylation is 1. The van der Waals surface area contributed by atoms with Crippen LogP contribution in [0.5, 0.6) is 11.8 Å². The van der Waals surface area contributed by atoms with E-state index in [9.17, 15) is 14.7 Å². The van der Waals surface area contributed by atoms with E-state index in [0.29, 0.717) is 17.9 Å². The first kappa shape index (κ1) is 22.1. The van der Waals surface area contributed by atoms with Crippen LogP contribution in [-0.4, -0.2) is 55.0 Å². The van der Waals surface area contributed by atoms with E-state index in [-0.39, 0.29) is 41.7 Å². The first-order chi connectivity index (χ1) is 14.8. The van der Waals surface area contributed by atoms with Crippen LogP contribution in [0.25, 0.3) is 11.2 Å². The van der Waals surface area contributed by atoms with Gasteiger partial charge in [-0.05, 0) is 37.1 Å². The Morgan fingerprint density at radius 2 is 2.10 bits per heavy atom. The van der Waals surface area contributed by atoms with Gasteiger partial charge in [0.15, 0.2) is 11.5 Å². The number of H-pyrrole nitrogens is 1. The van der Waals surface area contributed by atoms with E-state index in [4.69, 9.17) is 20.3 Å². The van der Waals surface area contributed by atoms with Gasteiger partial charge in [-0.2, -0.15) is 9.97 Å². The number of aromatic nitrogens is 4. The van der Waals surface area contributed by atoms with Crippen molar-refractivity contribution in [2.75, 3.05) is 18.9 Å². The number of rotatable bonds is 10. The molecule has 0 fully saturated rings. The summed E-state index contributed by atoms with van der Waals surface area (Å²) >= 11 is 0. The molecule has 1 aromatic carbocycles. The van der Waals surface area contributed by atoms with Crippen molar-refractivity contribution < 1.29 is 24.5 Å². The molecule has 5 N–H and O–H groups in total. The maximum absolute atomic E-state index is 12.4. The number of hydrogen-bond acceptors (Lipinski definition) is 8. The minimum Gasteiger partial charge on any atom is -0.491 e. The molecule has 0 bridgehead atoms. The molecule has 11 heteroatoms. The second-order valence-corrected chi connectivity index (χ2v) is 7.08. The highest BCUT2D eigenvalue weighted by Crippen LogP contribution is 2.19. The van der Waals surface area contributed by atoms with Crippen molar-refractivity contribution in [1.82, 2.24) is 19.5 Å². The number of aromatic carboxylic acids is 1. The lowest BCUT2D eigenvalue weighted by Crippen LogP contribution is -2.29. The SMILES string of the molecule is CCCCOc1nc(N)c2[nH]c(=O)n(CC(O)COc3ccc(C(=O)O)c(C)c3)c2n1. The molecule has 0 saturated carbocycles. The Morgan fingerprint density at radius 1 is 1.32 bits per heavy atom. The summed E-state index contributed by atoms with van der Waals surface area (Å²) < 4.78 is 12.3. The molecular formula is C20H25N5O6. The van der Waals surface area contributed by atoms with Gasteiger partial charge < -0.3 is 30.4 Å². The molecule has 3 rings (SSSR count). The van der Waals surface area contributed by atoms with Gasteiger partial charge >= 0.3 is 17.7 Å². The number of unbranched alkanes of at least 4 members (excludes halogenated alkanes) is 1. The van der Waals surface area contributed by atoms with E-state index >= 15 is 0 Å². The zero-order valence-electron chi connectivity index (χ0n) is 17.3. The van der Waals surface area contributed by atoms with Gasteiger partial charge in [0, 0.05) is 0 Å². The average Bonchev–Trinajstić information content (AvgIpc) is 3.02. The van der Waals surface area contributed by atoms with Crippen molar-refractivity contribution in [3.05, 3.63) is 39.8 Å². The zero-order valence-corrected chi connectivity index (χ0v) is 17.3. The van der Waals surface area contributed by atoms with E-state index in [1.165, 1.54) is 16.7 Å². The summed E-state index contributed by atoms with van der Waals surface area (Å²) in [7, 11) is 0. The Balaban J connectivity index is 1.73. The molecule has 0 amide bonds. The van der Waals surface area contributed by atoms with Gasteiger partial charge in [-0.1, -0.05) is 13.3 Å². The second kappa shape index (κ2) is 9.47. The number of carboxylic acid groups (broad SMARTS) is 1. The normalized spacial score (nSPS) is 12.1. The standard InChI is InChI=1S/C20H25N5O6/c1-3-4-7-30-19-23-16(21)15-17(24-19)25(20(29)22-15)9-12(26)10-31-13-5-6-14(18(27)28)11(2)8-13/h5-6,8,12,26H,3-4,7,9-10H2,1-2H3,(H,22,29)(H,27,28)(H2,21,23,24). The van der Waals surface area contributed by atoms with E-state index < -0.39 is 17.8 Å². The molecule has 166 valence electrons. The number of ether oxygens (including phenoxy) is 2. The van der Waals surface area contributed by atoms with Gasteiger partial charge in [-0.15, -0.1) is 0 Å². The maximum Gasteiger partial charge on any atom is 0.335 e. The fourth-order valence-corrected chi connectivity index (χ4v) is 2.99. The fourth-order valence-electron chi connectivity index (χ4n) is 2.99. The van der Waals surface area contributed by atoms with Crippen LogP contribution < -0.4 is 20.9 Å². The van der Waals surface area contributed by atoms with Crippen molar-refractivity contribution >= 4 is 23.0 Å². The third-order valence-electron chi connectivity index (χ3n) is 4.62. The van der Waals surface area contributed by atoms with E-state index in [1.54, 1.807) is 13.0 Å². The smallest absolute Gasteiger partial charge is 0.335 e. The number of imidazole rings is 1. The number of nitrogens with zero attached hydrogens (tertiary/aromatic N) is 3. The third-order valence-corrected chi connectivity index (χ3v) is 4.62. The van der Waals surface area contributed by atoms with E-state index in [2.05, 4.69) is 15.0 Å². The lowest BCUT2D eigenvalue weighted by Gasteiger charge is -2.14. The molecule has 31 heavy (non-hydrogen) atoms. The first-order valence-corrected chi connectivity index (χ1v) is 9.83. The first-order valence-electron chi connectivity index (χ1n) is 9.83. The number of aliphatic hydroxyl groups excluding tert-OH is 1. The minimum absolute atomic E-state index is 0.0611. The number of aromatic amines is 1. The van der Waals surface area contributed by atoms with Crippen LogP contribution in [0.4, 0.5) is 5.82 Å². The molecule has 0 saturated heterocycles. The molecule has 0 spiro atoms. The van der Waals surface area contributed by atoms with Gasteiger partial charge in [0.25, 0.3) is 0 Å². The number of nitrogens with one attached hydrogen (secondary N) is 1. The van der Waals surface area contributed by atoms with Crippen LogP contribution in [0.2, 0.25) is 0 Å². The van der Waals surface area contributed by atoms with Crippen LogP contribution >= 0.6 is 0 Å². The highest BCUT2D eigenvalue weighted by molar-refractivity contribution is 5.89. The van der Waals surface area contributed by atoms with Crippen molar-refractivity contribution in [2.45, 2.75) is 39.3 Å². The summed E-state index contributed by atoms with van der Waals surface area (Å²) in [6.45, 7) is 3.88. The quantitative estimate of drug-likeness (QED) is 0.346. The number of benzene rings is 1. The summed E-state index contributed by atoms with van der Waals surface area (Å²) in [5.41, 5.74) is 6.62. The highest BCUT2D eigenvalue weighted by atomic mass is 16.5. The molecular weight excluding hydrogens is 406 g/mol. The predicted octanol–water partition coefficient (Wildman–Crippen LogP) is 1.33. The molecule has 3 aromatic rings. The number of carboxylic acids is 1. The third kappa shape index (κ3) is 5.12. The Hall–Kier alpha value is -3.60. The van der Waals surface area contributed by atoms with Crippen molar-refractivity contribution in [3.8, 4) is 11.8 Å². The molecule has 0 aliphatic heterocycles. The molecule has 2 heterocycles. The fraction of sp³-hybridized carbons (Fsp3) is 0.400. The summed E-state index contributed by atoms with van der Waals surface area (Å²) in [5, 5.41) is 19.5. The topological polar surface area (TPSA) is 166 Å². The van der Waals surface area contributed by atoms with Crippen LogP contribution in [0.15, 0.2) is 23.0 Å². The summed E-state index contributed by atoms with van der Waals surface area (Å²) in [5.74, 6) is -0.541. The lowest BCUT2D eigenvalue weighted by atomic mass is 10.1. The van der Waals surface area contributed by atoms with Crippen LogP contribution in [0.1, 0.15) is 35.7 Å². The van der Waals surface area contributed by atoms with Gasteiger partial charge in [0.05, 0.1) is 18.7 Å². The van der Waals surface area contributed by atoms with Crippen molar-refractivity contribution in [1.29, 1.82) is 0 Å². The molecule has 2 aromatic heterocycles. The number of fused-ring (bicyclic) bond motifs is 1. The summed E-state index contributed by atoms with van der Waals surface area (Å²) in [6.07, 6.45) is 0.721. The number of hydrogen-bond donors (Lipinski definition) is 4. The molecule has 0 radical (unpaired) electrons. The van der Waals surface area contributed by atoms with Gasteiger partial charge in [-0.25, -0.2) is 9.59 Å². The number of aliphatic hydroxyl groups is 1. The number of anilines is 1. The molecule has 0 aliphatic rings. The van der Waals surface area contributed by atoms with Crippen molar-refractivity contribution in [2.24, 2.45) is 0 Å². The van der Waals surface area contributed by atoms with Crippen LogP contribution in [0, 0.1) is 6.92 Å². The van der Waals surface area contributed by atoms with Gasteiger partial charge in [-0.3, -0.25) is 4.57 Å². The molecule has 11 nitrogen and oxygen atoms in total. The Kier molecular flexibility index (Phi) is 6.75. The van der Waals surface area contributed by atoms with Crippen LogP contribution in [0.3, 0.4) is 0 Å². The summed E-state index contributed by atoms with van der Waals surface area (Å²) in [6, 6.07) is 4.58. The van der Waals surface area contributed by atoms with E-state index in [1.807, 2.05) is 6.92 Å². The van der Waals surface area contributed by atoms with Gasteiger partial charge in [0.2, 0.25) is 0 Å². The monoisotopic (exact) mass is 431 g/mol. The van der Waals surface area contributed by atoms with E-state index in [0.717, 1.165) is 12.8 Å². The highest BCUT2D eigenvalue weighted by Gasteiger charge is 2.18. The zero-order chi connectivity index (χ0) is 22.5. The average molecular weight is 431 g/mol. The number of carbonyl (C=O) groups is 1. The number of nitrogen functional groups attached to an aromatic ring is 1. The minimum atomic E-state index is -1.04. The lowest BCUT2D eigenvalue weighted by molar-refractivity contribution is 0.0695.